The minimum absolute atomic E-state index is 0.0148. The third-order valence-electron chi connectivity index (χ3n) is 2.40. The predicted molar refractivity (Wildman–Crippen MR) is 58.3 cm³/mol. The normalized spacial score (nSPS) is 21.6. The van der Waals surface area contributed by atoms with E-state index in [1.165, 1.54) is 7.11 Å². The van der Waals surface area contributed by atoms with Gasteiger partial charge in [-0.15, -0.1) is 0 Å². The zero-order valence-electron chi connectivity index (χ0n) is 9.77. The smallest absolute Gasteiger partial charge is 0.336 e. The summed E-state index contributed by atoms with van der Waals surface area (Å²) in [5.41, 5.74) is 0. The molecule has 7 nitrogen and oxygen atoms in total. The van der Waals surface area contributed by atoms with Crippen molar-refractivity contribution >= 4 is 11.9 Å². The molecule has 0 saturated carbocycles. The van der Waals surface area contributed by atoms with Gasteiger partial charge >= 0.3 is 5.97 Å². The van der Waals surface area contributed by atoms with E-state index in [0.717, 1.165) is 6.54 Å². The lowest BCUT2D eigenvalue weighted by molar-refractivity contribution is -0.150. The maximum Gasteiger partial charge on any atom is 0.336 e. The molecule has 0 spiro atoms. The van der Waals surface area contributed by atoms with Crippen LogP contribution >= 0.6 is 0 Å². The Hall–Kier alpha value is -1.18. The summed E-state index contributed by atoms with van der Waals surface area (Å²) in [7, 11) is 1.18. The van der Waals surface area contributed by atoms with Gasteiger partial charge in [-0.3, -0.25) is 4.79 Å². The van der Waals surface area contributed by atoms with E-state index in [2.05, 4.69) is 15.4 Å². The number of amides is 1. The molecule has 0 aromatic rings. The third-order valence-corrected chi connectivity index (χ3v) is 2.40. The molecule has 1 aliphatic rings. The van der Waals surface area contributed by atoms with E-state index < -0.39 is 12.1 Å². The molecule has 0 radical (unpaired) electrons. The molecule has 17 heavy (non-hydrogen) atoms. The lowest BCUT2D eigenvalue weighted by atomic mass is 10.2. The fraction of sp³-hybridized carbons (Fsp3) is 0.800. The van der Waals surface area contributed by atoms with Crippen molar-refractivity contribution in [3.05, 3.63) is 0 Å². The Morgan fingerprint density at radius 1 is 1.65 bits per heavy atom. The van der Waals surface area contributed by atoms with Gasteiger partial charge in [0.2, 0.25) is 5.91 Å². The Balaban J connectivity index is 2.18. The number of rotatable bonds is 5. The van der Waals surface area contributed by atoms with E-state index in [9.17, 15) is 14.7 Å². The minimum atomic E-state index is -1.32. The van der Waals surface area contributed by atoms with Crippen molar-refractivity contribution in [3.63, 3.8) is 0 Å². The number of nitrogens with one attached hydrogen (secondary N) is 2. The Labute approximate surface area is 99.5 Å². The molecule has 0 aromatic heterocycles. The standard InChI is InChI=1S/C10H18N2O5/c1-16-10(15)8(13)5-12-9(14)4-7-6-17-3-2-11-7/h7-8,11,13H,2-6H2,1H3,(H,12,14). The van der Waals surface area contributed by atoms with E-state index in [-0.39, 0.29) is 24.9 Å². The molecule has 2 unspecified atom stereocenters. The van der Waals surface area contributed by atoms with Gasteiger partial charge in [-0.1, -0.05) is 0 Å². The molecule has 2 atom stereocenters. The second-order valence-corrected chi connectivity index (χ2v) is 3.77. The Morgan fingerprint density at radius 3 is 3.00 bits per heavy atom. The van der Waals surface area contributed by atoms with Crippen LogP contribution in [0.2, 0.25) is 0 Å². The van der Waals surface area contributed by atoms with Crippen LogP contribution in [-0.2, 0) is 19.1 Å². The SMILES string of the molecule is COC(=O)C(O)CNC(=O)CC1COCCN1. The van der Waals surface area contributed by atoms with E-state index in [1.54, 1.807) is 0 Å². The third kappa shape index (κ3) is 5.12. The van der Waals surface area contributed by atoms with Crippen LogP contribution in [0.1, 0.15) is 6.42 Å². The van der Waals surface area contributed by atoms with Gasteiger partial charge in [-0.2, -0.15) is 0 Å². The van der Waals surface area contributed by atoms with Crippen molar-refractivity contribution in [1.29, 1.82) is 0 Å². The van der Waals surface area contributed by atoms with Crippen LogP contribution < -0.4 is 10.6 Å². The van der Waals surface area contributed by atoms with E-state index in [4.69, 9.17) is 4.74 Å². The maximum absolute atomic E-state index is 11.5. The molecule has 3 N–H and O–H groups in total. The summed E-state index contributed by atoms with van der Waals surface area (Å²) in [5.74, 6) is -1.000. The van der Waals surface area contributed by atoms with Crippen molar-refractivity contribution in [2.75, 3.05) is 33.4 Å². The number of hydrogen-bond donors (Lipinski definition) is 3. The average Bonchev–Trinajstić information content (AvgIpc) is 2.36. The fourth-order valence-corrected chi connectivity index (χ4v) is 1.48. The molecule has 0 aromatic carbocycles. The van der Waals surface area contributed by atoms with Gasteiger partial charge in [0.05, 0.1) is 26.9 Å². The zero-order chi connectivity index (χ0) is 12.7. The largest absolute Gasteiger partial charge is 0.467 e. The first-order valence-corrected chi connectivity index (χ1v) is 5.47. The lowest BCUT2D eigenvalue weighted by Gasteiger charge is -2.23. The maximum atomic E-state index is 11.5. The van der Waals surface area contributed by atoms with E-state index in [0.29, 0.717) is 13.2 Å². The number of hydrogen-bond acceptors (Lipinski definition) is 6. The van der Waals surface area contributed by atoms with Crippen molar-refractivity contribution in [1.82, 2.24) is 10.6 Å². The number of methoxy groups -OCH3 is 1. The van der Waals surface area contributed by atoms with E-state index in [1.807, 2.05) is 0 Å². The van der Waals surface area contributed by atoms with Crippen LogP contribution in [0.4, 0.5) is 0 Å². The highest BCUT2D eigenvalue weighted by molar-refractivity contribution is 5.79. The quantitative estimate of drug-likeness (QED) is 0.486. The highest BCUT2D eigenvalue weighted by Gasteiger charge is 2.19. The number of morpholine rings is 1. The average molecular weight is 246 g/mol. The van der Waals surface area contributed by atoms with Gasteiger partial charge in [0, 0.05) is 19.0 Å². The lowest BCUT2D eigenvalue weighted by Crippen LogP contribution is -2.45. The summed E-state index contributed by atoms with van der Waals surface area (Å²) in [5, 5.41) is 14.8. The van der Waals surface area contributed by atoms with Gasteiger partial charge in [0.1, 0.15) is 0 Å². The predicted octanol–water partition coefficient (Wildman–Crippen LogP) is -1.98. The van der Waals surface area contributed by atoms with Crippen molar-refractivity contribution in [2.45, 2.75) is 18.6 Å². The van der Waals surface area contributed by atoms with E-state index >= 15 is 0 Å². The van der Waals surface area contributed by atoms with Gasteiger partial charge in [-0.25, -0.2) is 4.79 Å². The monoisotopic (exact) mass is 246 g/mol. The molecule has 7 heteroatoms. The molecule has 1 amide bonds. The minimum Gasteiger partial charge on any atom is -0.467 e. The molecule has 0 aliphatic carbocycles. The first-order chi connectivity index (χ1) is 8.13. The summed E-state index contributed by atoms with van der Waals surface area (Å²) in [4.78, 5) is 22.3. The molecule has 1 heterocycles. The fourth-order valence-electron chi connectivity index (χ4n) is 1.48. The van der Waals surface area contributed by atoms with Gasteiger partial charge in [0.15, 0.2) is 6.10 Å². The van der Waals surface area contributed by atoms with Gasteiger partial charge in [-0.05, 0) is 0 Å². The first-order valence-electron chi connectivity index (χ1n) is 5.47. The number of ether oxygens (including phenoxy) is 2. The number of carbonyl (C=O) groups excluding carboxylic acids is 2. The number of aliphatic hydroxyl groups excluding tert-OH is 1. The summed E-state index contributed by atoms with van der Waals surface area (Å²) in [6.45, 7) is 1.73. The molecule has 1 fully saturated rings. The molecular weight excluding hydrogens is 228 g/mol. The molecule has 98 valence electrons. The summed E-state index contributed by atoms with van der Waals surface area (Å²) >= 11 is 0. The van der Waals surface area contributed by atoms with Crippen molar-refractivity contribution < 1.29 is 24.2 Å². The second-order valence-electron chi connectivity index (χ2n) is 3.77. The van der Waals surface area contributed by atoms with Crippen LogP contribution in [0, 0.1) is 0 Å². The summed E-state index contributed by atoms with van der Waals surface area (Å²) in [6.07, 6.45) is -1.06. The topological polar surface area (TPSA) is 96.9 Å². The Kier molecular flexibility index (Phi) is 5.88. The molecular formula is C10H18N2O5. The molecule has 0 bridgehead atoms. The molecule has 1 rings (SSSR count). The van der Waals surface area contributed by atoms with Crippen LogP contribution in [0.3, 0.4) is 0 Å². The van der Waals surface area contributed by atoms with Crippen LogP contribution in [0.15, 0.2) is 0 Å². The highest BCUT2D eigenvalue weighted by Crippen LogP contribution is 1.98. The molecule has 1 saturated heterocycles. The number of esters is 1. The van der Waals surface area contributed by atoms with Gasteiger partial charge in [0.25, 0.3) is 0 Å². The zero-order valence-corrected chi connectivity index (χ0v) is 9.77. The van der Waals surface area contributed by atoms with Crippen LogP contribution in [-0.4, -0.2) is 62.5 Å². The number of carbonyl (C=O) groups is 2. The van der Waals surface area contributed by atoms with Crippen LogP contribution in [0.25, 0.3) is 0 Å². The number of aliphatic hydroxyl groups is 1. The summed E-state index contributed by atoms with van der Waals surface area (Å²) in [6, 6.07) is -0.0148. The van der Waals surface area contributed by atoms with Crippen molar-refractivity contribution in [2.24, 2.45) is 0 Å². The summed E-state index contributed by atoms with van der Waals surface area (Å²) < 4.78 is 9.52. The van der Waals surface area contributed by atoms with Gasteiger partial charge < -0.3 is 25.2 Å². The van der Waals surface area contributed by atoms with Crippen molar-refractivity contribution in [3.8, 4) is 0 Å². The first kappa shape index (κ1) is 13.9. The molecule has 1 aliphatic heterocycles. The second kappa shape index (κ2) is 7.21. The Bertz CT molecular complexity index is 265. The van der Waals surface area contributed by atoms with Crippen LogP contribution in [0.5, 0.6) is 0 Å². The Morgan fingerprint density at radius 2 is 2.41 bits per heavy atom. The highest BCUT2D eigenvalue weighted by atomic mass is 16.5.